The third-order valence-electron chi connectivity index (χ3n) is 3.38. The fraction of sp³-hybridized carbons (Fsp3) is 0.500. The van der Waals surface area contributed by atoms with Crippen molar-refractivity contribution in [2.45, 2.75) is 24.4 Å². The second-order valence-corrected chi connectivity index (χ2v) is 5.39. The highest BCUT2D eigenvalue weighted by atomic mass is 35.5. The number of halogens is 4. The Morgan fingerprint density at radius 2 is 1.95 bits per heavy atom. The molecule has 0 aliphatic carbocycles. The SMILES string of the molecule is FC(F)(F)c1cc2c(N3CCC(Cl)CC3)nccn2n1. The van der Waals surface area contributed by atoms with Crippen LogP contribution in [0, 0.1) is 0 Å². The van der Waals surface area contributed by atoms with Crippen LogP contribution in [0.5, 0.6) is 0 Å². The minimum atomic E-state index is -4.45. The van der Waals surface area contributed by atoms with Crippen LogP contribution < -0.4 is 4.90 Å². The van der Waals surface area contributed by atoms with Crippen molar-refractivity contribution in [2.24, 2.45) is 0 Å². The number of hydrogen-bond donors (Lipinski definition) is 0. The van der Waals surface area contributed by atoms with Crippen LogP contribution in [0.2, 0.25) is 0 Å². The summed E-state index contributed by atoms with van der Waals surface area (Å²) in [6.07, 6.45) is 0.0200. The zero-order valence-electron chi connectivity index (χ0n) is 10.4. The largest absolute Gasteiger partial charge is 0.435 e. The first-order valence-electron chi connectivity index (χ1n) is 6.26. The van der Waals surface area contributed by atoms with Crippen molar-refractivity contribution in [3.8, 4) is 0 Å². The summed E-state index contributed by atoms with van der Waals surface area (Å²) in [6, 6.07) is 1.04. The topological polar surface area (TPSA) is 33.4 Å². The van der Waals surface area contributed by atoms with Gasteiger partial charge in [-0.3, -0.25) is 0 Å². The van der Waals surface area contributed by atoms with Gasteiger partial charge in [0.05, 0.1) is 0 Å². The summed E-state index contributed by atoms with van der Waals surface area (Å²) in [7, 11) is 0. The molecule has 0 bridgehead atoms. The molecule has 3 rings (SSSR count). The molecule has 0 unspecified atom stereocenters. The van der Waals surface area contributed by atoms with Gasteiger partial charge in [0, 0.05) is 36.9 Å². The molecule has 1 aliphatic rings. The maximum Gasteiger partial charge on any atom is 0.435 e. The summed E-state index contributed by atoms with van der Waals surface area (Å²) in [4.78, 5) is 6.16. The summed E-state index contributed by atoms with van der Waals surface area (Å²) < 4.78 is 39.4. The smallest absolute Gasteiger partial charge is 0.355 e. The highest BCUT2D eigenvalue weighted by Gasteiger charge is 2.34. The average Bonchev–Trinajstić information content (AvgIpc) is 2.83. The van der Waals surface area contributed by atoms with E-state index in [1.165, 1.54) is 16.9 Å². The Bertz CT molecular complexity index is 617. The van der Waals surface area contributed by atoms with Gasteiger partial charge in [-0.25, -0.2) is 9.50 Å². The molecule has 2 aromatic rings. The van der Waals surface area contributed by atoms with Gasteiger partial charge in [-0.15, -0.1) is 11.6 Å². The maximum atomic E-state index is 12.7. The van der Waals surface area contributed by atoms with E-state index in [0.29, 0.717) is 24.4 Å². The van der Waals surface area contributed by atoms with Crippen LogP contribution in [0.1, 0.15) is 18.5 Å². The van der Waals surface area contributed by atoms with Crippen molar-refractivity contribution in [1.29, 1.82) is 0 Å². The predicted octanol–water partition coefficient (Wildman–Crippen LogP) is 2.96. The summed E-state index contributed by atoms with van der Waals surface area (Å²) >= 11 is 6.04. The van der Waals surface area contributed by atoms with Crippen LogP contribution >= 0.6 is 11.6 Å². The molecule has 0 N–H and O–H groups in total. The van der Waals surface area contributed by atoms with Gasteiger partial charge in [0.25, 0.3) is 0 Å². The number of alkyl halides is 4. The number of aromatic nitrogens is 3. The van der Waals surface area contributed by atoms with E-state index >= 15 is 0 Å². The van der Waals surface area contributed by atoms with E-state index in [1.54, 1.807) is 0 Å². The quantitative estimate of drug-likeness (QED) is 0.760. The summed E-state index contributed by atoms with van der Waals surface area (Å²) in [6.45, 7) is 1.38. The van der Waals surface area contributed by atoms with Crippen LogP contribution in [0.15, 0.2) is 18.5 Å². The minimum Gasteiger partial charge on any atom is -0.355 e. The molecule has 0 aromatic carbocycles. The van der Waals surface area contributed by atoms with Gasteiger partial charge in [-0.05, 0) is 12.8 Å². The first-order valence-corrected chi connectivity index (χ1v) is 6.69. The monoisotopic (exact) mass is 304 g/mol. The van der Waals surface area contributed by atoms with Gasteiger partial charge >= 0.3 is 6.18 Å². The van der Waals surface area contributed by atoms with Crippen molar-refractivity contribution in [3.05, 3.63) is 24.2 Å². The third kappa shape index (κ3) is 2.42. The van der Waals surface area contributed by atoms with Crippen LogP contribution in [-0.2, 0) is 6.18 Å². The lowest BCUT2D eigenvalue weighted by molar-refractivity contribution is -0.141. The lowest BCUT2D eigenvalue weighted by atomic mass is 10.1. The molecule has 0 spiro atoms. The van der Waals surface area contributed by atoms with Crippen molar-refractivity contribution in [3.63, 3.8) is 0 Å². The lowest BCUT2D eigenvalue weighted by Gasteiger charge is -2.30. The molecule has 1 aliphatic heterocycles. The zero-order valence-corrected chi connectivity index (χ0v) is 11.2. The molecule has 1 saturated heterocycles. The average molecular weight is 305 g/mol. The van der Waals surface area contributed by atoms with Gasteiger partial charge < -0.3 is 4.90 Å². The molecule has 0 atom stereocenters. The van der Waals surface area contributed by atoms with E-state index in [2.05, 4.69) is 10.1 Å². The van der Waals surface area contributed by atoms with Crippen molar-refractivity contribution in [1.82, 2.24) is 14.6 Å². The Hall–Kier alpha value is -1.50. The summed E-state index contributed by atoms with van der Waals surface area (Å²) in [5.74, 6) is 0.527. The van der Waals surface area contributed by atoms with Crippen LogP contribution in [0.3, 0.4) is 0 Å². The normalized spacial score (nSPS) is 17.9. The van der Waals surface area contributed by atoms with E-state index in [1.807, 2.05) is 4.90 Å². The van der Waals surface area contributed by atoms with E-state index < -0.39 is 11.9 Å². The number of hydrogen-bond acceptors (Lipinski definition) is 3. The van der Waals surface area contributed by atoms with E-state index in [9.17, 15) is 13.2 Å². The zero-order chi connectivity index (χ0) is 14.3. The Balaban J connectivity index is 2.01. The number of rotatable bonds is 1. The molecule has 8 heteroatoms. The molecular weight excluding hydrogens is 293 g/mol. The highest BCUT2D eigenvalue weighted by Crippen LogP contribution is 2.31. The first kappa shape index (κ1) is 13.5. The predicted molar refractivity (Wildman–Crippen MR) is 69.1 cm³/mol. The lowest BCUT2D eigenvalue weighted by Crippen LogP contribution is -2.34. The van der Waals surface area contributed by atoms with Gasteiger partial charge in [0.15, 0.2) is 11.5 Å². The third-order valence-corrected chi connectivity index (χ3v) is 3.82. The van der Waals surface area contributed by atoms with Gasteiger partial charge in [0.2, 0.25) is 0 Å². The minimum absolute atomic E-state index is 0.127. The number of fused-ring (bicyclic) bond motifs is 1. The number of nitrogens with zero attached hydrogens (tertiary/aromatic N) is 4. The number of anilines is 1. The van der Waals surface area contributed by atoms with Gasteiger partial charge in [-0.2, -0.15) is 18.3 Å². The Kier molecular flexibility index (Phi) is 3.24. The molecule has 4 nitrogen and oxygen atoms in total. The van der Waals surface area contributed by atoms with Crippen molar-refractivity contribution in [2.75, 3.05) is 18.0 Å². The Morgan fingerprint density at radius 1 is 1.25 bits per heavy atom. The second-order valence-electron chi connectivity index (χ2n) is 4.77. The molecular formula is C12H12ClF3N4. The van der Waals surface area contributed by atoms with E-state index in [4.69, 9.17) is 11.6 Å². The summed E-state index contributed by atoms with van der Waals surface area (Å²) in [5, 5.41) is 3.68. The van der Waals surface area contributed by atoms with E-state index in [0.717, 1.165) is 18.9 Å². The van der Waals surface area contributed by atoms with E-state index in [-0.39, 0.29) is 5.38 Å². The molecule has 3 heterocycles. The fourth-order valence-electron chi connectivity index (χ4n) is 2.35. The summed E-state index contributed by atoms with van der Waals surface area (Å²) in [5.41, 5.74) is -0.535. The molecule has 2 aromatic heterocycles. The molecule has 1 fully saturated rings. The van der Waals surface area contributed by atoms with Gasteiger partial charge in [0.1, 0.15) is 5.52 Å². The molecule has 20 heavy (non-hydrogen) atoms. The number of piperidine rings is 1. The van der Waals surface area contributed by atoms with Crippen LogP contribution in [-0.4, -0.2) is 33.1 Å². The molecule has 108 valence electrons. The Morgan fingerprint density at radius 3 is 2.60 bits per heavy atom. The second kappa shape index (κ2) is 4.80. The van der Waals surface area contributed by atoms with Crippen molar-refractivity contribution < 1.29 is 13.2 Å². The fourth-order valence-corrected chi connectivity index (χ4v) is 2.55. The molecule has 0 radical (unpaired) electrons. The maximum absolute atomic E-state index is 12.7. The van der Waals surface area contributed by atoms with Crippen LogP contribution in [0.4, 0.5) is 19.0 Å². The Labute approximate surface area is 118 Å². The van der Waals surface area contributed by atoms with Gasteiger partial charge in [-0.1, -0.05) is 0 Å². The highest BCUT2D eigenvalue weighted by molar-refractivity contribution is 6.20. The van der Waals surface area contributed by atoms with Crippen molar-refractivity contribution >= 4 is 22.9 Å². The van der Waals surface area contributed by atoms with Crippen LogP contribution in [0.25, 0.3) is 5.52 Å². The first-order chi connectivity index (χ1) is 9.45. The molecule has 0 amide bonds. The molecule has 0 saturated carbocycles. The standard InChI is InChI=1S/C12H12ClF3N4/c13-8-1-4-19(5-2-8)11-9-7-10(12(14,15)16)18-20(9)6-3-17-11/h3,6-8H,1-2,4-5H2.